The van der Waals surface area contributed by atoms with Crippen LogP contribution in [0.15, 0.2) is 23.2 Å². The molecule has 14 heteroatoms. The maximum absolute atomic E-state index is 12.0. The molecule has 1 amide bonds. The molecule has 14 nitrogen and oxygen atoms in total. The molecule has 1 saturated heterocycles. The van der Waals surface area contributed by atoms with Gasteiger partial charge in [0.2, 0.25) is 0 Å². The highest BCUT2D eigenvalue weighted by Crippen LogP contribution is 2.48. The maximum atomic E-state index is 12.0. The van der Waals surface area contributed by atoms with Gasteiger partial charge in [0, 0.05) is 32.1 Å². The van der Waals surface area contributed by atoms with Crippen LogP contribution in [0.1, 0.15) is 45.3 Å². The molecule has 0 bridgehead atoms. The van der Waals surface area contributed by atoms with Gasteiger partial charge in [-0.1, -0.05) is 5.16 Å². The first-order chi connectivity index (χ1) is 19.3. The van der Waals surface area contributed by atoms with E-state index in [1.165, 1.54) is 6.33 Å². The third-order valence-corrected chi connectivity index (χ3v) is 7.06. The minimum Gasteiger partial charge on any atom is -0.442 e. The quantitative estimate of drug-likeness (QED) is 0.351. The van der Waals surface area contributed by atoms with Crippen LogP contribution in [0.3, 0.4) is 0 Å². The van der Waals surface area contributed by atoms with E-state index in [2.05, 4.69) is 20.0 Å². The summed E-state index contributed by atoms with van der Waals surface area (Å²) in [5.41, 5.74) is 9.13. The fourth-order valence-electron chi connectivity index (χ4n) is 4.87. The second-order valence-electron chi connectivity index (χ2n) is 10.9. The molecule has 0 unspecified atom stereocenters. The number of nitrogens with two attached hydrogens (primary N) is 1. The molecule has 40 heavy (non-hydrogen) atoms. The number of nitrogens with zero attached hydrogens (tertiary/aromatic N) is 9. The van der Waals surface area contributed by atoms with Gasteiger partial charge in [-0.05, 0) is 33.6 Å². The molecule has 2 N–H and O–H groups in total. The van der Waals surface area contributed by atoms with Crippen LogP contribution in [0.4, 0.5) is 16.3 Å². The Kier molecular flexibility index (Phi) is 6.31. The van der Waals surface area contributed by atoms with E-state index in [0.29, 0.717) is 72.1 Å². The van der Waals surface area contributed by atoms with E-state index in [-0.39, 0.29) is 18.1 Å². The van der Waals surface area contributed by atoms with Gasteiger partial charge in [-0.25, -0.2) is 29.4 Å². The Balaban J connectivity index is 1.33. The lowest BCUT2D eigenvalue weighted by atomic mass is 10.1. The number of aldehydes is 1. The fourth-order valence-corrected chi connectivity index (χ4v) is 4.87. The summed E-state index contributed by atoms with van der Waals surface area (Å²) in [5, 5.41) is 9.94. The Hall–Kier alpha value is -4.62. The van der Waals surface area contributed by atoms with E-state index in [4.69, 9.17) is 30.1 Å². The Bertz CT molecular complexity index is 1560. The zero-order valence-corrected chi connectivity index (χ0v) is 22.6. The predicted molar refractivity (Wildman–Crippen MR) is 144 cm³/mol. The summed E-state index contributed by atoms with van der Waals surface area (Å²) in [6, 6.07) is 0. The Morgan fingerprint density at radius 3 is 2.48 bits per heavy atom. The first kappa shape index (κ1) is 25.6. The maximum Gasteiger partial charge on any atom is 0.410 e. The predicted octanol–water partition coefficient (Wildman–Crippen LogP) is 2.61. The number of carbonyl (C=O) groups excluding carboxylic acids is 2. The molecule has 0 spiro atoms. The van der Waals surface area contributed by atoms with Gasteiger partial charge in [-0.2, -0.15) is 5.10 Å². The molecule has 5 heterocycles. The molecule has 4 aromatic heterocycles. The highest BCUT2D eigenvalue weighted by atomic mass is 16.6. The van der Waals surface area contributed by atoms with E-state index in [9.17, 15) is 9.59 Å². The van der Waals surface area contributed by atoms with Gasteiger partial charge in [-0.3, -0.25) is 4.79 Å². The number of carbonyl (C=O) groups is 2. The smallest absolute Gasteiger partial charge is 0.410 e. The van der Waals surface area contributed by atoms with Crippen molar-refractivity contribution in [1.82, 2.24) is 39.8 Å². The fraction of sp³-hybridized carbons (Fsp3) is 0.462. The van der Waals surface area contributed by atoms with Gasteiger partial charge >= 0.3 is 6.09 Å². The number of piperazine rings is 1. The number of amides is 1. The number of aromatic nitrogens is 7. The van der Waals surface area contributed by atoms with Crippen molar-refractivity contribution in [1.29, 1.82) is 0 Å². The van der Waals surface area contributed by atoms with Gasteiger partial charge in [0.05, 0.1) is 34.6 Å². The lowest BCUT2D eigenvalue weighted by Gasteiger charge is -2.34. The SMILES string of the molecule is CC(C)(C)n1nc(-c2noc(C3CC3)c2-c2ncc(N3CCN(C(=O)OCC=O)CC3)cn2)c2c(N)ncnc21. The van der Waals surface area contributed by atoms with Crippen LogP contribution in [0.25, 0.3) is 33.8 Å². The Labute approximate surface area is 229 Å². The van der Waals surface area contributed by atoms with Gasteiger partial charge in [0.1, 0.15) is 30.1 Å². The zero-order chi connectivity index (χ0) is 28.0. The van der Waals surface area contributed by atoms with Gasteiger partial charge < -0.3 is 24.8 Å². The summed E-state index contributed by atoms with van der Waals surface area (Å²) in [7, 11) is 0. The van der Waals surface area contributed by atoms with Crippen molar-refractivity contribution in [3.8, 4) is 22.8 Å². The van der Waals surface area contributed by atoms with Gasteiger partial charge in [0.15, 0.2) is 23.5 Å². The topological polar surface area (TPSA) is 171 Å². The first-order valence-electron chi connectivity index (χ1n) is 13.2. The van der Waals surface area contributed by atoms with E-state index in [0.717, 1.165) is 24.3 Å². The molecule has 0 atom stereocenters. The zero-order valence-electron chi connectivity index (χ0n) is 22.6. The number of rotatable bonds is 6. The van der Waals surface area contributed by atoms with E-state index in [1.807, 2.05) is 25.5 Å². The largest absolute Gasteiger partial charge is 0.442 e. The van der Waals surface area contributed by atoms with Crippen LogP contribution in [-0.4, -0.2) is 84.9 Å². The van der Waals surface area contributed by atoms with Crippen LogP contribution in [0.5, 0.6) is 0 Å². The van der Waals surface area contributed by atoms with Crippen molar-refractivity contribution >= 4 is 34.9 Å². The molecule has 0 aromatic carbocycles. The molecule has 1 aliphatic carbocycles. The molecule has 2 fully saturated rings. The molecule has 4 aromatic rings. The molecule has 1 aliphatic heterocycles. The van der Waals surface area contributed by atoms with Crippen molar-refractivity contribution < 1.29 is 18.8 Å². The van der Waals surface area contributed by atoms with Crippen LogP contribution in [0.2, 0.25) is 0 Å². The number of fused-ring (bicyclic) bond motifs is 1. The average molecular weight is 547 g/mol. The molecular weight excluding hydrogens is 516 g/mol. The Morgan fingerprint density at radius 1 is 1.10 bits per heavy atom. The summed E-state index contributed by atoms with van der Waals surface area (Å²) in [5.74, 6) is 1.77. The van der Waals surface area contributed by atoms with Gasteiger partial charge in [0.25, 0.3) is 0 Å². The second-order valence-corrected chi connectivity index (χ2v) is 10.9. The summed E-state index contributed by atoms with van der Waals surface area (Å²) in [6.45, 7) is 7.97. The second kappa shape index (κ2) is 9.84. The highest BCUT2D eigenvalue weighted by Gasteiger charge is 2.36. The summed E-state index contributed by atoms with van der Waals surface area (Å²) in [4.78, 5) is 44.3. The van der Waals surface area contributed by atoms with Crippen molar-refractivity contribution in [2.45, 2.75) is 45.1 Å². The third kappa shape index (κ3) is 4.58. The molecule has 208 valence electrons. The van der Waals surface area contributed by atoms with Crippen molar-refractivity contribution in [3.63, 3.8) is 0 Å². The van der Waals surface area contributed by atoms with Crippen molar-refractivity contribution in [3.05, 3.63) is 24.5 Å². The molecule has 2 aliphatic rings. The van der Waals surface area contributed by atoms with E-state index >= 15 is 0 Å². The monoisotopic (exact) mass is 546 g/mol. The van der Waals surface area contributed by atoms with Crippen molar-refractivity contribution in [2.24, 2.45) is 0 Å². The van der Waals surface area contributed by atoms with Crippen LogP contribution < -0.4 is 10.6 Å². The number of ether oxygens (including phenoxy) is 1. The third-order valence-electron chi connectivity index (χ3n) is 7.06. The van der Waals surface area contributed by atoms with Crippen LogP contribution in [0, 0.1) is 0 Å². The summed E-state index contributed by atoms with van der Waals surface area (Å²) in [6.07, 6.45) is 7.03. The van der Waals surface area contributed by atoms with E-state index < -0.39 is 6.09 Å². The normalized spacial score (nSPS) is 16.0. The van der Waals surface area contributed by atoms with Gasteiger partial charge in [-0.15, -0.1) is 0 Å². The lowest BCUT2D eigenvalue weighted by molar-refractivity contribution is -0.110. The Morgan fingerprint density at radius 2 is 1.82 bits per heavy atom. The van der Waals surface area contributed by atoms with Crippen LogP contribution in [-0.2, 0) is 15.1 Å². The summed E-state index contributed by atoms with van der Waals surface area (Å²) >= 11 is 0. The van der Waals surface area contributed by atoms with Crippen molar-refractivity contribution in [2.75, 3.05) is 43.4 Å². The molecular formula is C26H30N10O4. The first-order valence-corrected chi connectivity index (χ1v) is 13.2. The summed E-state index contributed by atoms with van der Waals surface area (Å²) < 4.78 is 12.6. The highest BCUT2D eigenvalue weighted by molar-refractivity contribution is 6.00. The molecule has 6 rings (SSSR count). The minimum absolute atomic E-state index is 0.242. The number of hydrogen-bond donors (Lipinski definition) is 1. The van der Waals surface area contributed by atoms with Crippen LogP contribution >= 0.6 is 0 Å². The molecule has 1 saturated carbocycles. The number of anilines is 2. The minimum atomic E-state index is -0.488. The van der Waals surface area contributed by atoms with E-state index in [1.54, 1.807) is 17.3 Å². The molecule has 0 radical (unpaired) electrons. The number of nitrogen functional groups attached to an aromatic ring is 1. The number of hydrogen-bond acceptors (Lipinski definition) is 12. The lowest BCUT2D eigenvalue weighted by Crippen LogP contribution is -2.49. The average Bonchev–Trinajstić information content (AvgIpc) is 3.57. The standard InChI is InChI=1S/C26H30N10O4/c1-26(2,3)36-24-18(22(27)30-14-31-24)19(32-36)20-17(21(40-33-20)15-4-5-15)23-28-12-16(13-29-23)34-6-8-35(9-7-34)25(38)39-11-10-37/h10,12-15H,4-9,11H2,1-3H3,(H2,27,30,31).